The van der Waals surface area contributed by atoms with Gasteiger partial charge in [0.15, 0.2) is 11.6 Å². The van der Waals surface area contributed by atoms with Gasteiger partial charge in [0.1, 0.15) is 17.8 Å². The van der Waals surface area contributed by atoms with E-state index in [1.54, 1.807) is 26.0 Å². The van der Waals surface area contributed by atoms with Crippen LogP contribution < -0.4 is 20.3 Å². The standard InChI is InChI=1S/C20H24F3N7O3/c1-9-14-16(30(3)15(10(2)32-4)17(31)28-14)29-19(26-9)27-11-5-12(6-11)33-13-7-24-18(25-8-13)20(21,22)23/h7-8,10-12,15H,5-6H2,1-4H3,(H,28,31)(H,26,27,29)/t10-,11?,12?,15+/m1/s1. The first-order chi connectivity index (χ1) is 15.6. The van der Waals surface area contributed by atoms with Crippen molar-refractivity contribution in [2.75, 3.05) is 29.7 Å². The molecular weight excluding hydrogens is 443 g/mol. The van der Waals surface area contributed by atoms with Crippen molar-refractivity contribution in [3.8, 4) is 5.75 Å². The number of ether oxygens (including phenoxy) is 2. The summed E-state index contributed by atoms with van der Waals surface area (Å²) in [6.45, 7) is 3.60. The second-order valence-corrected chi connectivity index (χ2v) is 8.11. The summed E-state index contributed by atoms with van der Waals surface area (Å²) >= 11 is 0. The van der Waals surface area contributed by atoms with Crippen molar-refractivity contribution in [1.29, 1.82) is 0 Å². The lowest BCUT2D eigenvalue weighted by atomic mass is 9.89. The number of fused-ring (bicyclic) bond motifs is 1. The van der Waals surface area contributed by atoms with Crippen LogP contribution in [0.3, 0.4) is 0 Å². The number of halogens is 3. The van der Waals surface area contributed by atoms with Crippen LogP contribution in [0.5, 0.6) is 5.75 Å². The highest BCUT2D eigenvalue weighted by Crippen LogP contribution is 2.35. The van der Waals surface area contributed by atoms with Gasteiger partial charge < -0.3 is 25.0 Å². The maximum Gasteiger partial charge on any atom is 0.451 e. The van der Waals surface area contributed by atoms with E-state index in [9.17, 15) is 18.0 Å². The van der Waals surface area contributed by atoms with Crippen molar-refractivity contribution in [3.05, 3.63) is 23.9 Å². The number of aromatic nitrogens is 4. The summed E-state index contributed by atoms with van der Waals surface area (Å²) in [6, 6.07) is -0.503. The van der Waals surface area contributed by atoms with Gasteiger partial charge in [-0.1, -0.05) is 0 Å². The van der Waals surface area contributed by atoms with Gasteiger partial charge in [-0.3, -0.25) is 4.79 Å². The summed E-state index contributed by atoms with van der Waals surface area (Å²) in [5, 5.41) is 6.12. The summed E-state index contributed by atoms with van der Waals surface area (Å²) in [6.07, 6.45) is -1.85. The van der Waals surface area contributed by atoms with E-state index >= 15 is 0 Å². The molecule has 1 saturated carbocycles. The minimum absolute atomic E-state index is 0.0278. The Hall–Kier alpha value is -3.22. The molecule has 0 saturated heterocycles. The first kappa shape index (κ1) is 23.0. The quantitative estimate of drug-likeness (QED) is 0.661. The summed E-state index contributed by atoms with van der Waals surface area (Å²) in [5.74, 6) is -0.195. The van der Waals surface area contributed by atoms with Crippen molar-refractivity contribution < 1.29 is 27.4 Å². The van der Waals surface area contributed by atoms with E-state index in [2.05, 4.69) is 30.6 Å². The largest absolute Gasteiger partial charge is 0.487 e. The van der Waals surface area contributed by atoms with Crippen molar-refractivity contribution in [2.45, 2.75) is 57.2 Å². The highest BCUT2D eigenvalue weighted by atomic mass is 19.4. The van der Waals surface area contributed by atoms with Crippen molar-refractivity contribution in [1.82, 2.24) is 19.9 Å². The zero-order chi connectivity index (χ0) is 23.9. The molecule has 0 spiro atoms. The van der Waals surface area contributed by atoms with Gasteiger partial charge >= 0.3 is 6.18 Å². The third-order valence-electron chi connectivity index (χ3n) is 5.77. The number of hydrogen-bond acceptors (Lipinski definition) is 9. The normalized spacial score (nSPS) is 23.3. The Morgan fingerprint density at radius 2 is 1.91 bits per heavy atom. The zero-order valence-corrected chi connectivity index (χ0v) is 18.5. The van der Waals surface area contributed by atoms with E-state index in [-0.39, 0.29) is 29.9 Å². The Balaban J connectivity index is 1.38. The molecule has 4 rings (SSSR count). The van der Waals surface area contributed by atoms with Gasteiger partial charge in [-0.2, -0.15) is 18.2 Å². The number of anilines is 3. The van der Waals surface area contributed by atoms with Gasteiger partial charge in [0.2, 0.25) is 17.7 Å². The van der Waals surface area contributed by atoms with Crippen molar-refractivity contribution in [2.24, 2.45) is 0 Å². The van der Waals surface area contributed by atoms with Crippen LogP contribution in [-0.2, 0) is 15.7 Å². The molecule has 10 nitrogen and oxygen atoms in total. The van der Waals surface area contributed by atoms with Gasteiger partial charge in [-0.05, 0) is 13.8 Å². The van der Waals surface area contributed by atoms with Crippen LogP contribution in [0.15, 0.2) is 12.4 Å². The summed E-state index contributed by atoms with van der Waals surface area (Å²) in [5.41, 5.74) is 1.19. The Morgan fingerprint density at radius 3 is 2.52 bits per heavy atom. The highest BCUT2D eigenvalue weighted by molar-refractivity contribution is 6.03. The maximum atomic E-state index is 12.6. The molecule has 2 aliphatic rings. The average Bonchev–Trinajstić information content (AvgIpc) is 2.72. The number of likely N-dealkylation sites (N-methyl/N-ethyl adjacent to an activating group) is 1. The number of aryl methyl sites for hydroxylation is 1. The van der Waals surface area contributed by atoms with Crippen LogP contribution in [-0.4, -0.2) is 64.3 Å². The van der Waals surface area contributed by atoms with E-state index < -0.39 is 18.0 Å². The third kappa shape index (κ3) is 4.63. The Labute approximate surface area is 187 Å². The number of methoxy groups -OCH3 is 1. The van der Waals surface area contributed by atoms with Crippen LogP contribution in [0, 0.1) is 6.92 Å². The maximum absolute atomic E-state index is 12.6. The fourth-order valence-corrected chi connectivity index (χ4v) is 3.86. The molecule has 1 aliphatic heterocycles. The van der Waals surface area contributed by atoms with E-state index in [4.69, 9.17) is 9.47 Å². The second kappa shape index (κ2) is 8.61. The molecule has 2 atom stereocenters. The lowest BCUT2D eigenvalue weighted by Crippen LogP contribution is -2.53. The fourth-order valence-electron chi connectivity index (χ4n) is 3.86. The smallest absolute Gasteiger partial charge is 0.451 e. The molecule has 2 aromatic heterocycles. The van der Waals surface area contributed by atoms with Crippen LogP contribution in [0.4, 0.5) is 30.6 Å². The molecular formula is C20H24F3N7O3. The number of carbonyl (C=O) groups is 1. The predicted octanol–water partition coefficient (Wildman–Crippen LogP) is 2.41. The summed E-state index contributed by atoms with van der Waals surface area (Å²) in [4.78, 5) is 29.9. The number of rotatable bonds is 6. The Bertz CT molecular complexity index is 1030. The van der Waals surface area contributed by atoms with E-state index in [0.717, 1.165) is 12.4 Å². The third-order valence-corrected chi connectivity index (χ3v) is 5.77. The molecule has 1 aliphatic carbocycles. The monoisotopic (exact) mass is 467 g/mol. The molecule has 0 aromatic carbocycles. The van der Waals surface area contributed by atoms with E-state index in [0.29, 0.717) is 36.0 Å². The lowest BCUT2D eigenvalue weighted by molar-refractivity contribution is -0.145. The number of alkyl halides is 3. The van der Waals surface area contributed by atoms with Gasteiger partial charge in [0, 0.05) is 33.0 Å². The summed E-state index contributed by atoms with van der Waals surface area (Å²) in [7, 11) is 3.33. The Kier molecular flexibility index (Phi) is 5.99. The predicted molar refractivity (Wildman–Crippen MR) is 112 cm³/mol. The molecule has 178 valence electrons. The fraction of sp³-hybridized carbons (Fsp3) is 0.550. The SMILES string of the molecule is CO[C@H](C)[C@H]1C(=O)Nc2c(C)nc(NC3CC(Oc4cnc(C(F)(F)F)nc4)C3)nc2N1C. The molecule has 1 fully saturated rings. The second-order valence-electron chi connectivity index (χ2n) is 8.11. The van der Waals surface area contributed by atoms with Crippen molar-refractivity contribution in [3.63, 3.8) is 0 Å². The molecule has 33 heavy (non-hydrogen) atoms. The summed E-state index contributed by atoms with van der Waals surface area (Å²) < 4.78 is 48.7. The highest BCUT2D eigenvalue weighted by Gasteiger charge is 2.38. The first-order valence-electron chi connectivity index (χ1n) is 10.3. The molecule has 0 radical (unpaired) electrons. The molecule has 2 N–H and O–H groups in total. The van der Waals surface area contributed by atoms with Gasteiger partial charge in [-0.15, -0.1) is 0 Å². The van der Waals surface area contributed by atoms with Crippen LogP contribution in [0.1, 0.15) is 31.3 Å². The number of nitrogens with zero attached hydrogens (tertiary/aromatic N) is 5. The molecule has 13 heteroatoms. The first-order valence-corrected chi connectivity index (χ1v) is 10.3. The zero-order valence-electron chi connectivity index (χ0n) is 18.5. The molecule has 1 amide bonds. The number of nitrogens with one attached hydrogen (secondary N) is 2. The molecule has 0 bridgehead atoms. The number of hydrogen-bond donors (Lipinski definition) is 2. The minimum Gasteiger partial charge on any atom is -0.487 e. The molecule has 3 heterocycles. The number of amides is 1. The lowest BCUT2D eigenvalue weighted by Gasteiger charge is -2.38. The number of carbonyl (C=O) groups excluding carboxylic acids is 1. The average molecular weight is 467 g/mol. The molecule has 2 aromatic rings. The molecule has 0 unspecified atom stereocenters. The minimum atomic E-state index is -4.59. The van der Waals surface area contributed by atoms with Gasteiger partial charge in [0.25, 0.3) is 0 Å². The van der Waals surface area contributed by atoms with Gasteiger partial charge in [-0.25, -0.2) is 15.0 Å². The Morgan fingerprint density at radius 1 is 1.24 bits per heavy atom. The van der Waals surface area contributed by atoms with Crippen molar-refractivity contribution >= 4 is 23.4 Å². The van der Waals surface area contributed by atoms with Crippen LogP contribution in [0.25, 0.3) is 0 Å². The van der Waals surface area contributed by atoms with E-state index in [1.807, 2.05) is 6.92 Å². The topological polar surface area (TPSA) is 114 Å². The van der Waals surface area contributed by atoms with Gasteiger partial charge in [0.05, 0.1) is 24.2 Å². The van der Waals surface area contributed by atoms with Crippen LogP contribution in [0.2, 0.25) is 0 Å². The van der Waals surface area contributed by atoms with E-state index in [1.165, 1.54) is 0 Å². The van der Waals surface area contributed by atoms with Crippen LogP contribution >= 0.6 is 0 Å².